The van der Waals surface area contributed by atoms with Gasteiger partial charge in [-0.15, -0.1) is 0 Å². The summed E-state index contributed by atoms with van der Waals surface area (Å²) in [6.45, 7) is 1.14. The quantitative estimate of drug-likeness (QED) is 0.457. The number of carbonyl (C=O) groups is 3. The molecule has 0 bridgehead atoms. The molecule has 1 atom stereocenters. The molecule has 2 N–H and O–H groups in total. The number of imide groups is 1. The second-order valence-electron chi connectivity index (χ2n) is 8.45. The number of carbonyl (C=O) groups excluding carboxylic acids is 3. The first-order valence-electron chi connectivity index (χ1n) is 11.2. The molecule has 0 aromatic heterocycles. The van der Waals surface area contributed by atoms with Crippen LogP contribution in [0.3, 0.4) is 0 Å². The Morgan fingerprint density at radius 3 is 2.42 bits per heavy atom. The molecule has 3 rings (SSSR count). The van der Waals surface area contributed by atoms with Crippen molar-refractivity contribution in [1.82, 2.24) is 10.2 Å². The molecule has 3 amide bonds. The summed E-state index contributed by atoms with van der Waals surface area (Å²) >= 11 is 0. The summed E-state index contributed by atoms with van der Waals surface area (Å²) < 4.78 is 26.3. The number of amides is 3. The van der Waals surface area contributed by atoms with Gasteiger partial charge in [-0.05, 0) is 37.0 Å². The lowest BCUT2D eigenvalue weighted by Crippen LogP contribution is -2.42. The van der Waals surface area contributed by atoms with Gasteiger partial charge in [0, 0.05) is 51.0 Å². The Morgan fingerprint density at radius 2 is 1.74 bits per heavy atom. The van der Waals surface area contributed by atoms with Crippen molar-refractivity contribution >= 4 is 23.4 Å². The van der Waals surface area contributed by atoms with Gasteiger partial charge in [-0.2, -0.15) is 0 Å². The van der Waals surface area contributed by atoms with Crippen LogP contribution in [0, 0.1) is 0 Å². The van der Waals surface area contributed by atoms with E-state index in [2.05, 4.69) is 10.6 Å². The smallest absolute Gasteiger partial charge is 0.251 e. The number of benzene rings is 1. The minimum Gasteiger partial charge on any atom is -0.385 e. The molecule has 0 saturated carbocycles. The fraction of sp³-hybridized carbons (Fsp3) is 0.609. The van der Waals surface area contributed by atoms with Gasteiger partial charge >= 0.3 is 0 Å². The molecule has 0 radical (unpaired) electrons. The van der Waals surface area contributed by atoms with Crippen molar-refractivity contribution in [2.45, 2.75) is 69.6 Å². The van der Waals surface area contributed by atoms with Gasteiger partial charge in [0.1, 0.15) is 0 Å². The van der Waals surface area contributed by atoms with Gasteiger partial charge < -0.3 is 10.2 Å². The van der Waals surface area contributed by atoms with E-state index >= 15 is 0 Å². The number of piperidine rings is 2. The number of hydrogen-bond donors (Lipinski definition) is 2. The zero-order valence-electron chi connectivity index (χ0n) is 17.8. The van der Waals surface area contributed by atoms with E-state index in [1.54, 1.807) is 4.90 Å². The first-order valence-corrected chi connectivity index (χ1v) is 11.2. The average molecular weight is 436 g/mol. The molecule has 1 aromatic rings. The highest BCUT2D eigenvalue weighted by atomic mass is 19.3. The van der Waals surface area contributed by atoms with Gasteiger partial charge in [0.15, 0.2) is 0 Å². The topological polar surface area (TPSA) is 78.5 Å². The fourth-order valence-electron chi connectivity index (χ4n) is 4.07. The fourth-order valence-corrected chi connectivity index (χ4v) is 4.07. The molecule has 31 heavy (non-hydrogen) atoms. The van der Waals surface area contributed by atoms with Crippen LogP contribution in [-0.2, 0) is 14.4 Å². The first-order chi connectivity index (χ1) is 14.8. The molecule has 0 aliphatic carbocycles. The lowest BCUT2D eigenvalue weighted by molar-refractivity contribution is -0.137. The zero-order chi connectivity index (χ0) is 22.3. The normalized spacial score (nSPS) is 21.0. The average Bonchev–Trinajstić information content (AvgIpc) is 2.73. The van der Waals surface area contributed by atoms with Crippen LogP contribution in [0.5, 0.6) is 0 Å². The van der Waals surface area contributed by atoms with Gasteiger partial charge in [0.2, 0.25) is 17.7 Å². The third-order valence-corrected chi connectivity index (χ3v) is 6.05. The Kier molecular flexibility index (Phi) is 7.98. The summed E-state index contributed by atoms with van der Waals surface area (Å²) in [4.78, 5) is 36.9. The monoisotopic (exact) mass is 435 g/mol. The summed E-state index contributed by atoms with van der Waals surface area (Å²) in [6.07, 6.45) is 4.59. The van der Waals surface area contributed by atoms with Crippen molar-refractivity contribution < 1.29 is 23.2 Å². The van der Waals surface area contributed by atoms with E-state index in [9.17, 15) is 23.2 Å². The van der Waals surface area contributed by atoms with E-state index in [1.807, 2.05) is 24.3 Å². The number of rotatable bonds is 9. The highest BCUT2D eigenvalue weighted by Crippen LogP contribution is 2.28. The van der Waals surface area contributed by atoms with E-state index in [0.717, 1.165) is 43.5 Å². The summed E-state index contributed by atoms with van der Waals surface area (Å²) in [5.74, 6) is -3.33. The van der Waals surface area contributed by atoms with Crippen LogP contribution in [0.25, 0.3) is 0 Å². The summed E-state index contributed by atoms with van der Waals surface area (Å²) in [7, 11) is 0. The standard InChI is InChI=1S/C23H31F2N3O3/c24-23(25)12-15-28(16-13-23)21(30)5-3-1-2-4-14-26-18-8-6-17(7-9-18)19-10-11-20(29)27-22(19)31/h6-9,19,26H,1-5,10-16H2,(H,27,29,31). The molecular weight excluding hydrogens is 404 g/mol. The van der Waals surface area contributed by atoms with Crippen LogP contribution < -0.4 is 10.6 Å². The molecule has 1 unspecified atom stereocenters. The van der Waals surface area contributed by atoms with Crippen LogP contribution in [0.2, 0.25) is 0 Å². The minimum atomic E-state index is -2.62. The molecular formula is C23H31F2N3O3. The molecule has 6 nitrogen and oxygen atoms in total. The molecule has 2 aliphatic rings. The van der Waals surface area contributed by atoms with Crippen LogP contribution in [-0.4, -0.2) is 48.2 Å². The number of anilines is 1. The number of hydrogen-bond acceptors (Lipinski definition) is 4. The molecule has 0 spiro atoms. The van der Waals surface area contributed by atoms with Crippen molar-refractivity contribution in [3.8, 4) is 0 Å². The Balaban J connectivity index is 1.26. The molecule has 170 valence electrons. The van der Waals surface area contributed by atoms with Crippen molar-refractivity contribution in [3.63, 3.8) is 0 Å². The highest BCUT2D eigenvalue weighted by Gasteiger charge is 2.35. The van der Waals surface area contributed by atoms with Crippen LogP contribution in [0.4, 0.5) is 14.5 Å². The highest BCUT2D eigenvalue weighted by molar-refractivity contribution is 6.00. The van der Waals surface area contributed by atoms with E-state index in [1.165, 1.54) is 0 Å². The van der Waals surface area contributed by atoms with E-state index < -0.39 is 5.92 Å². The SMILES string of the molecule is O=C1CCC(c2ccc(NCCCCCCC(=O)N3CCC(F)(F)CC3)cc2)C(=O)N1. The number of halogens is 2. The number of nitrogens with one attached hydrogen (secondary N) is 2. The van der Waals surface area contributed by atoms with Gasteiger partial charge in [0.05, 0.1) is 5.92 Å². The van der Waals surface area contributed by atoms with Crippen LogP contribution in [0.15, 0.2) is 24.3 Å². The Bertz CT molecular complexity index is 773. The van der Waals surface area contributed by atoms with Crippen LogP contribution in [0.1, 0.15) is 69.3 Å². The van der Waals surface area contributed by atoms with Gasteiger partial charge in [-0.25, -0.2) is 8.78 Å². The van der Waals surface area contributed by atoms with E-state index in [4.69, 9.17) is 0 Å². The predicted molar refractivity (Wildman–Crippen MR) is 114 cm³/mol. The largest absolute Gasteiger partial charge is 0.385 e. The molecule has 8 heteroatoms. The van der Waals surface area contributed by atoms with Crippen LogP contribution >= 0.6 is 0 Å². The molecule has 2 heterocycles. The maximum atomic E-state index is 13.2. The van der Waals surface area contributed by atoms with Gasteiger partial charge in [0.25, 0.3) is 5.92 Å². The van der Waals surface area contributed by atoms with Crippen molar-refractivity contribution in [2.75, 3.05) is 25.0 Å². The maximum Gasteiger partial charge on any atom is 0.251 e. The lowest BCUT2D eigenvalue weighted by atomic mass is 9.90. The predicted octanol–water partition coefficient (Wildman–Crippen LogP) is 3.83. The maximum absolute atomic E-state index is 13.2. The van der Waals surface area contributed by atoms with Gasteiger partial charge in [-0.3, -0.25) is 19.7 Å². The third-order valence-electron chi connectivity index (χ3n) is 6.05. The minimum absolute atomic E-state index is 0.00951. The lowest BCUT2D eigenvalue weighted by Gasteiger charge is -2.31. The number of alkyl halides is 2. The Labute approximate surface area is 181 Å². The zero-order valence-corrected chi connectivity index (χ0v) is 17.8. The molecule has 2 aliphatic heterocycles. The summed E-state index contributed by atoms with van der Waals surface area (Å²) in [5.41, 5.74) is 1.89. The molecule has 1 aromatic carbocycles. The molecule has 2 saturated heterocycles. The third kappa shape index (κ3) is 7.01. The van der Waals surface area contributed by atoms with E-state index in [0.29, 0.717) is 19.3 Å². The number of nitrogens with zero attached hydrogens (tertiary/aromatic N) is 1. The Morgan fingerprint density at radius 1 is 1.06 bits per heavy atom. The Hall–Kier alpha value is -2.51. The van der Waals surface area contributed by atoms with Crippen molar-refractivity contribution in [3.05, 3.63) is 29.8 Å². The van der Waals surface area contributed by atoms with Crippen molar-refractivity contribution in [2.24, 2.45) is 0 Å². The number of likely N-dealkylation sites (tertiary alicyclic amines) is 1. The second-order valence-corrected chi connectivity index (χ2v) is 8.45. The summed E-state index contributed by atoms with van der Waals surface area (Å²) in [5, 5.41) is 5.73. The van der Waals surface area contributed by atoms with Gasteiger partial charge in [-0.1, -0.05) is 25.0 Å². The summed E-state index contributed by atoms with van der Waals surface area (Å²) in [6, 6.07) is 7.73. The van der Waals surface area contributed by atoms with Crippen molar-refractivity contribution in [1.29, 1.82) is 0 Å². The molecule has 2 fully saturated rings. The first kappa shape index (κ1) is 23.2. The van der Waals surface area contributed by atoms with E-state index in [-0.39, 0.29) is 49.6 Å². The second kappa shape index (κ2) is 10.7. The number of unbranched alkanes of at least 4 members (excludes halogenated alkanes) is 3.